The second-order valence-electron chi connectivity index (χ2n) is 5.83. The van der Waals surface area contributed by atoms with Crippen LogP contribution in [0.1, 0.15) is 10.4 Å². The minimum absolute atomic E-state index is 0.00737. The fraction of sp³-hybridized carbons (Fsp3) is 0.312. The van der Waals surface area contributed by atoms with Gasteiger partial charge < -0.3 is 10.2 Å². The predicted octanol–water partition coefficient (Wildman–Crippen LogP) is 3.44. The van der Waals surface area contributed by atoms with E-state index in [-0.39, 0.29) is 11.8 Å². The van der Waals surface area contributed by atoms with E-state index in [1.54, 1.807) is 17.5 Å². The average molecular weight is 344 g/mol. The number of hydrogen-bond donors (Lipinski definition) is 1. The van der Waals surface area contributed by atoms with Crippen LogP contribution in [0.3, 0.4) is 0 Å². The van der Waals surface area contributed by atoms with E-state index >= 15 is 0 Å². The van der Waals surface area contributed by atoms with Crippen molar-refractivity contribution >= 4 is 49.1 Å². The fourth-order valence-electron chi connectivity index (χ4n) is 2.58. The molecule has 1 fully saturated rings. The Kier molecular flexibility index (Phi) is 3.54. The van der Waals surface area contributed by atoms with Crippen LogP contribution in [0, 0.1) is 19.8 Å². The van der Waals surface area contributed by atoms with Crippen LogP contribution in [0.25, 0.3) is 10.2 Å². The number of aryl methyl sites for hydroxylation is 2. The van der Waals surface area contributed by atoms with E-state index in [2.05, 4.69) is 45.3 Å². The van der Waals surface area contributed by atoms with Gasteiger partial charge in [0.15, 0.2) is 10.3 Å². The normalized spacial score (nSPS) is 15.0. The van der Waals surface area contributed by atoms with E-state index in [1.807, 2.05) is 6.92 Å². The molecule has 3 heterocycles. The Morgan fingerprint density at radius 3 is 2.87 bits per heavy atom. The summed E-state index contributed by atoms with van der Waals surface area (Å²) in [7, 11) is 0. The number of thiazole rings is 2. The van der Waals surface area contributed by atoms with Crippen LogP contribution in [0.5, 0.6) is 0 Å². The van der Waals surface area contributed by atoms with E-state index in [4.69, 9.17) is 0 Å². The molecule has 0 aliphatic carbocycles. The standard InChI is InChI=1S/C16H16N4OS2/c1-9-3-4-12-13(5-9)23-16(18-12)20-7-11(8-20)14(21)19-15-17-6-10(2)22-15/h3-6,11H,7-8H2,1-2H3,(H,17,19,21). The van der Waals surface area contributed by atoms with E-state index in [9.17, 15) is 4.79 Å². The lowest BCUT2D eigenvalue weighted by Gasteiger charge is -2.37. The van der Waals surface area contributed by atoms with Crippen molar-refractivity contribution in [2.75, 3.05) is 23.3 Å². The molecular weight excluding hydrogens is 328 g/mol. The number of carbonyl (C=O) groups is 1. The van der Waals surface area contributed by atoms with Crippen molar-refractivity contribution < 1.29 is 4.79 Å². The van der Waals surface area contributed by atoms with Crippen LogP contribution in [0.4, 0.5) is 10.3 Å². The molecule has 0 atom stereocenters. The van der Waals surface area contributed by atoms with Crippen LogP contribution < -0.4 is 10.2 Å². The third kappa shape index (κ3) is 2.82. The maximum absolute atomic E-state index is 12.2. The van der Waals surface area contributed by atoms with Gasteiger partial charge in [0.1, 0.15) is 0 Å². The van der Waals surface area contributed by atoms with Crippen LogP contribution in [0.2, 0.25) is 0 Å². The summed E-state index contributed by atoms with van der Waals surface area (Å²) in [5.41, 5.74) is 2.27. The van der Waals surface area contributed by atoms with Crippen molar-refractivity contribution in [1.29, 1.82) is 0 Å². The summed E-state index contributed by atoms with van der Waals surface area (Å²) in [5, 5.41) is 4.58. The fourth-order valence-corrected chi connectivity index (χ4v) is 4.32. The summed E-state index contributed by atoms with van der Waals surface area (Å²) < 4.78 is 1.20. The molecule has 0 unspecified atom stereocenters. The molecule has 0 saturated carbocycles. The number of benzene rings is 1. The van der Waals surface area contributed by atoms with Gasteiger partial charge in [-0.3, -0.25) is 4.79 Å². The molecule has 5 nitrogen and oxygen atoms in total. The quantitative estimate of drug-likeness (QED) is 0.791. The maximum atomic E-state index is 12.2. The van der Waals surface area contributed by atoms with Crippen molar-refractivity contribution in [2.45, 2.75) is 13.8 Å². The second kappa shape index (κ2) is 5.58. The smallest absolute Gasteiger partial charge is 0.232 e. The minimum Gasteiger partial charge on any atom is -0.346 e. The molecule has 4 rings (SSSR count). The highest BCUT2D eigenvalue weighted by Crippen LogP contribution is 2.33. The molecule has 1 amide bonds. The van der Waals surface area contributed by atoms with Gasteiger partial charge in [0.25, 0.3) is 0 Å². The molecule has 1 aliphatic heterocycles. The van der Waals surface area contributed by atoms with Gasteiger partial charge in [-0.15, -0.1) is 11.3 Å². The number of nitrogens with zero attached hydrogens (tertiary/aromatic N) is 3. The molecule has 3 aromatic rings. The third-order valence-corrected chi connectivity index (χ3v) is 5.81. The molecule has 7 heteroatoms. The Balaban J connectivity index is 1.41. The molecular formula is C16H16N4OS2. The number of rotatable bonds is 3. The largest absolute Gasteiger partial charge is 0.346 e. The van der Waals surface area contributed by atoms with E-state index in [1.165, 1.54) is 21.6 Å². The zero-order valence-corrected chi connectivity index (χ0v) is 14.5. The van der Waals surface area contributed by atoms with Crippen molar-refractivity contribution in [3.8, 4) is 0 Å². The minimum atomic E-state index is 0.00737. The summed E-state index contributed by atoms with van der Waals surface area (Å²) in [6.07, 6.45) is 1.77. The molecule has 2 aromatic heterocycles. The molecule has 118 valence electrons. The average Bonchev–Trinajstić information content (AvgIpc) is 3.03. The van der Waals surface area contributed by atoms with Gasteiger partial charge in [-0.25, -0.2) is 9.97 Å². The molecule has 1 N–H and O–H groups in total. The number of hydrogen-bond acceptors (Lipinski definition) is 6. The number of amides is 1. The summed E-state index contributed by atoms with van der Waals surface area (Å²) in [4.78, 5) is 24.3. The van der Waals surface area contributed by atoms with Crippen molar-refractivity contribution in [2.24, 2.45) is 5.92 Å². The van der Waals surface area contributed by atoms with Crippen molar-refractivity contribution in [3.05, 3.63) is 34.8 Å². The summed E-state index contributed by atoms with van der Waals surface area (Å²) >= 11 is 3.19. The van der Waals surface area contributed by atoms with E-state index < -0.39 is 0 Å². The predicted molar refractivity (Wildman–Crippen MR) is 95.5 cm³/mol. The van der Waals surface area contributed by atoms with Crippen LogP contribution in [-0.4, -0.2) is 29.0 Å². The summed E-state index contributed by atoms with van der Waals surface area (Å²) in [6.45, 7) is 5.50. The Bertz CT molecular complexity index is 879. The van der Waals surface area contributed by atoms with Gasteiger partial charge in [-0.05, 0) is 31.5 Å². The lowest BCUT2D eigenvalue weighted by molar-refractivity contribution is -0.120. The first-order valence-corrected chi connectivity index (χ1v) is 9.07. The number of nitrogens with one attached hydrogen (secondary N) is 1. The SMILES string of the molecule is Cc1ccc2nc(N3CC(C(=O)Nc4ncc(C)s4)C3)sc2c1. The number of carbonyl (C=O) groups excluding carboxylic acids is 1. The first-order chi connectivity index (χ1) is 11.1. The van der Waals surface area contributed by atoms with E-state index in [0.717, 1.165) is 28.6 Å². The highest BCUT2D eigenvalue weighted by molar-refractivity contribution is 7.22. The number of anilines is 2. The zero-order chi connectivity index (χ0) is 16.0. The van der Waals surface area contributed by atoms with Gasteiger partial charge in [0.05, 0.1) is 16.1 Å². The summed E-state index contributed by atoms with van der Waals surface area (Å²) in [6, 6.07) is 6.29. The van der Waals surface area contributed by atoms with Gasteiger partial charge in [-0.2, -0.15) is 0 Å². The maximum Gasteiger partial charge on any atom is 0.232 e. The van der Waals surface area contributed by atoms with E-state index in [0.29, 0.717) is 5.13 Å². The molecule has 0 spiro atoms. The Morgan fingerprint density at radius 2 is 2.13 bits per heavy atom. The molecule has 1 aromatic carbocycles. The molecule has 23 heavy (non-hydrogen) atoms. The lowest BCUT2D eigenvalue weighted by Crippen LogP contribution is -2.52. The zero-order valence-electron chi connectivity index (χ0n) is 12.9. The van der Waals surface area contributed by atoms with Crippen molar-refractivity contribution in [1.82, 2.24) is 9.97 Å². The van der Waals surface area contributed by atoms with Gasteiger partial charge in [0, 0.05) is 24.2 Å². The first-order valence-electron chi connectivity index (χ1n) is 7.44. The third-order valence-electron chi connectivity index (χ3n) is 3.91. The van der Waals surface area contributed by atoms with Crippen LogP contribution in [-0.2, 0) is 4.79 Å². The van der Waals surface area contributed by atoms with Gasteiger partial charge >= 0.3 is 0 Å². The highest BCUT2D eigenvalue weighted by atomic mass is 32.1. The Morgan fingerprint density at radius 1 is 1.30 bits per heavy atom. The molecule has 1 saturated heterocycles. The monoisotopic (exact) mass is 344 g/mol. The summed E-state index contributed by atoms with van der Waals surface area (Å²) in [5.74, 6) is 0.0560. The van der Waals surface area contributed by atoms with Gasteiger partial charge in [0.2, 0.25) is 5.91 Å². The Hall–Kier alpha value is -1.99. The molecule has 1 aliphatic rings. The van der Waals surface area contributed by atoms with Crippen molar-refractivity contribution in [3.63, 3.8) is 0 Å². The van der Waals surface area contributed by atoms with Crippen LogP contribution in [0.15, 0.2) is 24.4 Å². The van der Waals surface area contributed by atoms with Gasteiger partial charge in [-0.1, -0.05) is 17.4 Å². The number of fused-ring (bicyclic) bond motifs is 1. The highest BCUT2D eigenvalue weighted by Gasteiger charge is 2.34. The topological polar surface area (TPSA) is 58.1 Å². The lowest BCUT2D eigenvalue weighted by atomic mass is 10.0. The molecule has 0 radical (unpaired) electrons. The number of aromatic nitrogens is 2. The Labute approximate surface area is 142 Å². The second-order valence-corrected chi connectivity index (χ2v) is 8.08. The first kappa shape index (κ1) is 14.6. The molecule has 0 bridgehead atoms. The van der Waals surface area contributed by atoms with Crippen LogP contribution >= 0.6 is 22.7 Å².